The van der Waals surface area contributed by atoms with E-state index in [1.54, 1.807) is 0 Å². The molecule has 3 aromatic rings. The van der Waals surface area contributed by atoms with Gasteiger partial charge in [0.15, 0.2) is 0 Å². The second kappa shape index (κ2) is 9.99. The summed E-state index contributed by atoms with van der Waals surface area (Å²) in [5, 5.41) is 6.08. The Kier molecular flexibility index (Phi) is 6.44. The highest BCUT2D eigenvalue weighted by Gasteiger charge is 2.26. The number of piperazine rings is 1. The van der Waals surface area contributed by atoms with E-state index in [9.17, 15) is 0 Å². The van der Waals surface area contributed by atoms with E-state index in [0.717, 1.165) is 70.2 Å². The van der Waals surface area contributed by atoms with Crippen molar-refractivity contribution in [1.82, 2.24) is 20.2 Å². The fraction of sp³-hybridized carbons (Fsp3) is 0.500. The van der Waals surface area contributed by atoms with Crippen LogP contribution in [0, 0.1) is 0 Å². The molecule has 0 bridgehead atoms. The van der Waals surface area contributed by atoms with Gasteiger partial charge in [0.1, 0.15) is 12.4 Å². The molecule has 0 radical (unpaired) electrons. The largest absolute Gasteiger partial charge is 0.462 e. The van der Waals surface area contributed by atoms with Gasteiger partial charge in [0, 0.05) is 68.4 Å². The number of anilines is 2. The van der Waals surface area contributed by atoms with Crippen LogP contribution in [0.5, 0.6) is 6.01 Å². The smallest absolute Gasteiger partial charge is 0.318 e. The molecular formula is C28H36N6O. The van der Waals surface area contributed by atoms with Crippen molar-refractivity contribution < 1.29 is 4.74 Å². The summed E-state index contributed by atoms with van der Waals surface area (Å²) in [6, 6.07) is 16.3. The summed E-state index contributed by atoms with van der Waals surface area (Å²) in [4.78, 5) is 17.3. The van der Waals surface area contributed by atoms with E-state index in [0.29, 0.717) is 18.7 Å². The van der Waals surface area contributed by atoms with E-state index in [-0.39, 0.29) is 0 Å². The summed E-state index contributed by atoms with van der Waals surface area (Å²) >= 11 is 0. The van der Waals surface area contributed by atoms with Crippen LogP contribution >= 0.6 is 0 Å². The highest BCUT2D eigenvalue weighted by Crippen LogP contribution is 2.32. The Balaban J connectivity index is 1.29. The van der Waals surface area contributed by atoms with Gasteiger partial charge in [-0.2, -0.15) is 9.97 Å². The lowest BCUT2D eigenvalue weighted by atomic mass is 10.1. The molecule has 1 N–H and O–H groups in total. The maximum absolute atomic E-state index is 6.25. The van der Waals surface area contributed by atoms with Gasteiger partial charge >= 0.3 is 6.01 Å². The Bertz CT molecular complexity index is 1170. The molecular weight excluding hydrogens is 436 g/mol. The van der Waals surface area contributed by atoms with Gasteiger partial charge in [-0.25, -0.2) is 0 Å². The van der Waals surface area contributed by atoms with Crippen molar-refractivity contribution in [2.45, 2.75) is 31.7 Å². The molecule has 2 fully saturated rings. The first-order valence-electron chi connectivity index (χ1n) is 13.2. The minimum absolute atomic E-state index is 0.460. The second-order valence-electron chi connectivity index (χ2n) is 10.1. The van der Waals surface area contributed by atoms with Crippen molar-refractivity contribution in [3.8, 4) is 6.01 Å². The Hall–Kier alpha value is -2.90. The molecule has 3 aliphatic rings. The normalized spacial score (nSPS) is 21.2. The monoisotopic (exact) mass is 472 g/mol. The molecule has 7 heteroatoms. The van der Waals surface area contributed by atoms with Gasteiger partial charge in [-0.3, -0.25) is 0 Å². The van der Waals surface area contributed by atoms with Crippen LogP contribution in [0.1, 0.15) is 24.1 Å². The van der Waals surface area contributed by atoms with Crippen molar-refractivity contribution in [3.05, 3.63) is 53.7 Å². The molecule has 1 aromatic heterocycles. The van der Waals surface area contributed by atoms with E-state index in [1.165, 1.54) is 34.9 Å². The first-order valence-corrected chi connectivity index (χ1v) is 13.2. The number of fused-ring (bicyclic) bond motifs is 2. The summed E-state index contributed by atoms with van der Waals surface area (Å²) in [5.74, 6) is 1.09. The molecule has 6 rings (SSSR count). The number of ether oxygens (including phenoxy) is 1. The summed E-state index contributed by atoms with van der Waals surface area (Å²) in [6.07, 6.45) is 4.28. The van der Waals surface area contributed by atoms with Crippen molar-refractivity contribution in [3.63, 3.8) is 0 Å². The van der Waals surface area contributed by atoms with Crippen LogP contribution in [0.4, 0.5) is 11.5 Å². The molecule has 3 aliphatic heterocycles. The van der Waals surface area contributed by atoms with Gasteiger partial charge in [-0.1, -0.05) is 36.4 Å². The Labute approximate surface area is 208 Å². The van der Waals surface area contributed by atoms with Crippen molar-refractivity contribution in [1.29, 1.82) is 0 Å². The molecule has 0 aliphatic carbocycles. The minimum Gasteiger partial charge on any atom is -0.462 e. The van der Waals surface area contributed by atoms with Gasteiger partial charge < -0.3 is 24.8 Å². The first kappa shape index (κ1) is 22.6. The molecule has 7 nitrogen and oxygen atoms in total. The number of hydrogen-bond acceptors (Lipinski definition) is 7. The van der Waals surface area contributed by atoms with Crippen LogP contribution in [0.2, 0.25) is 0 Å². The molecule has 0 amide bonds. The lowest BCUT2D eigenvalue weighted by Crippen LogP contribution is -2.44. The molecule has 35 heavy (non-hydrogen) atoms. The lowest BCUT2D eigenvalue weighted by Gasteiger charge is -2.31. The molecule has 184 valence electrons. The number of nitrogens with zero attached hydrogens (tertiary/aromatic N) is 5. The maximum Gasteiger partial charge on any atom is 0.318 e. The molecule has 0 spiro atoms. The van der Waals surface area contributed by atoms with Crippen LogP contribution in [0.25, 0.3) is 10.8 Å². The summed E-state index contributed by atoms with van der Waals surface area (Å²) < 4.78 is 6.25. The minimum atomic E-state index is 0.460. The average Bonchev–Trinajstić information content (AvgIpc) is 3.20. The van der Waals surface area contributed by atoms with Gasteiger partial charge in [0.05, 0.1) is 5.69 Å². The van der Waals surface area contributed by atoms with Crippen molar-refractivity contribution >= 4 is 22.3 Å². The van der Waals surface area contributed by atoms with Crippen molar-refractivity contribution in [2.75, 3.05) is 69.3 Å². The predicted molar refractivity (Wildman–Crippen MR) is 142 cm³/mol. The van der Waals surface area contributed by atoms with Crippen molar-refractivity contribution in [2.24, 2.45) is 0 Å². The van der Waals surface area contributed by atoms with Crippen LogP contribution in [-0.4, -0.2) is 80.4 Å². The molecule has 0 unspecified atom stereocenters. The molecule has 1 atom stereocenters. The number of hydrogen-bond donors (Lipinski definition) is 1. The van der Waals surface area contributed by atoms with E-state index in [2.05, 4.69) is 69.5 Å². The molecule has 2 aromatic carbocycles. The summed E-state index contributed by atoms with van der Waals surface area (Å²) in [5.41, 5.74) is 3.78. The highest BCUT2D eigenvalue weighted by molar-refractivity contribution is 5.94. The maximum atomic E-state index is 6.25. The Morgan fingerprint density at radius 3 is 2.60 bits per heavy atom. The van der Waals surface area contributed by atoms with Crippen LogP contribution in [0.15, 0.2) is 42.5 Å². The third-order valence-corrected chi connectivity index (χ3v) is 7.90. The van der Waals surface area contributed by atoms with E-state index < -0.39 is 0 Å². The lowest BCUT2D eigenvalue weighted by molar-refractivity contribution is 0.187. The number of benzene rings is 2. The highest BCUT2D eigenvalue weighted by atomic mass is 16.5. The standard InChI is InChI=1S/C28H36N6O/c1-32-15-5-8-22(32)20-35-28-30-25-12-17-33(26-10-4-7-21-6-2-3-9-23(21)26)16-11-24(25)27(31-28)34-18-13-29-14-19-34/h2-4,6-7,9-10,22,29H,5,8,11-20H2,1H3/t22-/m0/s1. The zero-order valence-corrected chi connectivity index (χ0v) is 20.7. The van der Waals surface area contributed by atoms with Gasteiger partial charge in [-0.05, 0) is 44.3 Å². The summed E-state index contributed by atoms with van der Waals surface area (Å²) in [6.45, 7) is 7.66. The topological polar surface area (TPSA) is 56.8 Å². The van der Waals surface area contributed by atoms with Crippen LogP contribution < -0.4 is 19.9 Å². The van der Waals surface area contributed by atoms with E-state index in [4.69, 9.17) is 14.7 Å². The van der Waals surface area contributed by atoms with Gasteiger partial charge in [-0.15, -0.1) is 0 Å². The molecule has 4 heterocycles. The Morgan fingerprint density at radius 2 is 1.74 bits per heavy atom. The SMILES string of the molecule is CN1CCC[C@H]1COc1nc2c(c(N3CCNCC3)n1)CCN(c1cccc3ccccc13)CC2. The first-order chi connectivity index (χ1) is 17.3. The molecule has 2 saturated heterocycles. The zero-order chi connectivity index (χ0) is 23.6. The third-order valence-electron chi connectivity index (χ3n) is 7.90. The number of aromatic nitrogens is 2. The quantitative estimate of drug-likeness (QED) is 0.612. The number of nitrogens with one attached hydrogen (secondary N) is 1. The molecule has 0 saturated carbocycles. The fourth-order valence-corrected chi connectivity index (χ4v) is 5.85. The Morgan fingerprint density at radius 1 is 0.914 bits per heavy atom. The average molecular weight is 473 g/mol. The zero-order valence-electron chi connectivity index (χ0n) is 20.7. The second-order valence-corrected chi connectivity index (χ2v) is 10.1. The third kappa shape index (κ3) is 4.67. The summed E-state index contributed by atoms with van der Waals surface area (Å²) in [7, 11) is 2.19. The van der Waals surface area contributed by atoms with Crippen LogP contribution in [0.3, 0.4) is 0 Å². The van der Waals surface area contributed by atoms with Crippen LogP contribution in [-0.2, 0) is 12.8 Å². The van der Waals surface area contributed by atoms with E-state index in [1.807, 2.05) is 0 Å². The fourth-order valence-electron chi connectivity index (χ4n) is 5.85. The van der Waals surface area contributed by atoms with Gasteiger partial charge in [0.25, 0.3) is 0 Å². The predicted octanol–water partition coefficient (Wildman–Crippen LogP) is 3.12. The van der Waals surface area contributed by atoms with Gasteiger partial charge in [0.2, 0.25) is 0 Å². The van der Waals surface area contributed by atoms with E-state index >= 15 is 0 Å². The number of likely N-dealkylation sites (tertiary alicyclic amines) is 1. The number of rotatable bonds is 5. The number of likely N-dealkylation sites (N-methyl/N-ethyl adjacent to an activating group) is 1.